The summed E-state index contributed by atoms with van der Waals surface area (Å²) in [6.45, 7) is 13.1. The van der Waals surface area contributed by atoms with Gasteiger partial charge in [-0.3, -0.25) is 4.90 Å². The summed E-state index contributed by atoms with van der Waals surface area (Å²) in [5.41, 5.74) is 2.23. The van der Waals surface area contributed by atoms with Gasteiger partial charge in [-0.25, -0.2) is 4.85 Å². The van der Waals surface area contributed by atoms with Crippen molar-refractivity contribution in [2.75, 3.05) is 37.7 Å². The SMILES string of the molecule is [C-]#[N+]c1ccc([C@](C)(O)CN2C[C@@H](C)N(c3ccc(OCCO)cc3Cl)[C@H](c3ccc(Cl)cc3)C2)cc1. The van der Waals surface area contributed by atoms with Gasteiger partial charge in [0.15, 0.2) is 5.69 Å². The number of ether oxygens (including phenoxy) is 1. The molecule has 0 aromatic heterocycles. The van der Waals surface area contributed by atoms with Gasteiger partial charge >= 0.3 is 0 Å². The maximum atomic E-state index is 11.4. The minimum Gasteiger partial charge on any atom is -0.491 e. The van der Waals surface area contributed by atoms with Gasteiger partial charge in [0.05, 0.1) is 35.5 Å². The van der Waals surface area contributed by atoms with Crippen LogP contribution < -0.4 is 9.64 Å². The van der Waals surface area contributed by atoms with Crippen LogP contribution in [0.1, 0.15) is 31.0 Å². The number of hydrogen-bond acceptors (Lipinski definition) is 5. The molecular weight excluding hydrogens is 509 g/mol. The Bertz CT molecular complexity index is 1240. The normalized spacial score (nSPS) is 19.8. The maximum Gasteiger partial charge on any atom is 0.187 e. The highest BCUT2D eigenvalue weighted by atomic mass is 35.5. The molecule has 0 radical (unpaired) electrons. The second-order valence-electron chi connectivity index (χ2n) is 9.64. The predicted octanol–water partition coefficient (Wildman–Crippen LogP) is 6.07. The first-order valence-electron chi connectivity index (χ1n) is 12.2. The average molecular weight is 540 g/mol. The van der Waals surface area contributed by atoms with Gasteiger partial charge in [-0.05, 0) is 49.2 Å². The van der Waals surface area contributed by atoms with Gasteiger partial charge < -0.3 is 19.8 Å². The van der Waals surface area contributed by atoms with E-state index in [1.54, 1.807) is 18.2 Å². The summed E-state index contributed by atoms with van der Waals surface area (Å²) in [6.07, 6.45) is 0. The Hall–Kier alpha value is -2.79. The Morgan fingerprint density at radius 3 is 2.38 bits per heavy atom. The molecule has 3 aromatic carbocycles. The summed E-state index contributed by atoms with van der Waals surface area (Å²) in [5.74, 6) is 0.609. The van der Waals surface area contributed by atoms with Gasteiger partial charge in [0.2, 0.25) is 0 Å². The van der Waals surface area contributed by atoms with E-state index in [-0.39, 0.29) is 25.3 Å². The van der Waals surface area contributed by atoms with E-state index >= 15 is 0 Å². The molecule has 0 amide bonds. The molecule has 3 aromatic rings. The van der Waals surface area contributed by atoms with E-state index in [0.29, 0.717) is 34.6 Å². The van der Waals surface area contributed by atoms with Crippen molar-refractivity contribution in [1.82, 2.24) is 4.90 Å². The molecule has 0 bridgehead atoms. The van der Waals surface area contributed by atoms with Crippen molar-refractivity contribution in [2.45, 2.75) is 31.5 Å². The van der Waals surface area contributed by atoms with Crippen LogP contribution in [0.4, 0.5) is 11.4 Å². The van der Waals surface area contributed by atoms with Gasteiger partial charge in [0.25, 0.3) is 0 Å². The Morgan fingerprint density at radius 1 is 1.05 bits per heavy atom. The van der Waals surface area contributed by atoms with Crippen LogP contribution >= 0.6 is 23.2 Å². The summed E-state index contributed by atoms with van der Waals surface area (Å²) in [6, 6.07) is 20.6. The Kier molecular flexibility index (Phi) is 8.63. The number of rotatable bonds is 8. The summed E-state index contributed by atoms with van der Waals surface area (Å²) in [4.78, 5) is 8.04. The van der Waals surface area contributed by atoms with Crippen LogP contribution in [0.2, 0.25) is 10.0 Å². The molecule has 1 aliphatic rings. The summed E-state index contributed by atoms with van der Waals surface area (Å²) >= 11 is 12.9. The summed E-state index contributed by atoms with van der Waals surface area (Å²) in [5, 5.41) is 21.7. The maximum absolute atomic E-state index is 11.4. The zero-order valence-corrected chi connectivity index (χ0v) is 22.5. The van der Waals surface area contributed by atoms with Crippen molar-refractivity contribution in [2.24, 2.45) is 0 Å². The molecular formula is C29H31Cl2N3O3. The van der Waals surface area contributed by atoms with E-state index in [4.69, 9.17) is 39.6 Å². The van der Waals surface area contributed by atoms with Crippen molar-refractivity contribution in [3.63, 3.8) is 0 Å². The van der Waals surface area contributed by atoms with Crippen molar-refractivity contribution < 1.29 is 14.9 Å². The molecule has 1 fully saturated rings. The second-order valence-corrected chi connectivity index (χ2v) is 10.5. The monoisotopic (exact) mass is 539 g/mol. The molecule has 0 spiro atoms. The van der Waals surface area contributed by atoms with Crippen LogP contribution in [0.5, 0.6) is 5.75 Å². The fourth-order valence-corrected chi connectivity index (χ4v) is 5.43. The fraction of sp³-hybridized carbons (Fsp3) is 0.345. The van der Waals surface area contributed by atoms with Crippen LogP contribution in [0.25, 0.3) is 4.85 Å². The molecule has 0 unspecified atom stereocenters. The smallest absolute Gasteiger partial charge is 0.187 e. The van der Waals surface area contributed by atoms with Crippen molar-refractivity contribution in [1.29, 1.82) is 0 Å². The topological polar surface area (TPSA) is 60.5 Å². The largest absolute Gasteiger partial charge is 0.491 e. The highest BCUT2D eigenvalue weighted by Crippen LogP contribution is 2.40. The van der Waals surface area contributed by atoms with E-state index in [0.717, 1.165) is 23.4 Å². The molecule has 1 saturated heterocycles. The number of piperazine rings is 1. The average Bonchev–Trinajstić information content (AvgIpc) is 2.88. The third-order valence-electron chi connectivity index (χ3n) is 6.73. The molecule has 1 aliphatic heterocycles. The minimum absolute atomic E-state index is 0.0389. The second kappa shape index (κ2) is 11.7. The number of β-amino-alcohol motifs (C(OH)–C–C–N with tert-alkyl or cyclic N) is 1. The van der Waals surface area contributed by atoms with Gasteiger partial charge in [-0.1, -0.05) is 59.6 Å². The summed E-state index contributed by atoms with van der Waals surface area (Å²) < 4.78 is 5.54. The third-order valence-corrected chi connectivity index (χ3v) is 7.28. The third kappa shape index (κ3) is 6.38. The Morgan fingerprint density at radius 2 is 1.76 bits per heavy atom. The van der Waals surface area contributed by atoms with E-state index in [1.165, 1.54) is 0 Å². The lowest BCUT2D eigenvalue weighted by Crippen LogP contribution is -2.56. The molecule has 0 aliphatic carbocycles. The lowest BCUT2D eigenvalue weighted by molar-refractivity contribution is 0.00638. The first-order valence-corrected chi connectivity index (χ1v) is 13.0. The molecule has 4 rings (SSSR count). The van der Waals surface area contributed by atoms with E-state index in [2.05, 4.69) is 21.6 Å². The molecule has 1 heterocycles. The van der Waals surface area contributed by atoms with Crippen molar-refractivity contribution in [3.05, 3.63) is 99.3 Å². The lowest BCUT2D eigenvalue weighted by atomic mass is 9.92. The number of benzene rings is 3. The zero-order valence-electron chi connectivity index (χ0n) is 20.9. The number of nitrogens with zero attached hydrogens (tertiary/aromatic N) is 3. The predicted molar refractivity (Wildman–Crippen MR) is 149 cm³/mol. The molecule has 6 nitrogen and oxygen atoms in total. The first kappa shape index (κ1) is 27.3. The molecule has 3 atom stereocenters. The quantitative estimate of drug-likeness (QED) is 0.340. The van der Waals surface area contributed by atoms with Crippen LogP contribution in [-0.2, 0) is 5.60 Å². The number of halogens is 2. The number of hydrogen-bond donors (Lipinski definition) is 2. The molecule has 0 saturated carbocycles. The van der Waals surface area contributed by atoms with Crippen LogP contribution in [0.3, 0.4) is 0 Å². The van der Waals surface area contributed by atoms with E-state index < -0.39 is 5.60 Å². The van der Waals surface area contributed by atoms with Crippen LogP contribution in [0.15, 0.2) is 66.7 Å². The summed E-state index contributed by atoms with van der Waals surface area (Å²) in [7, 11) is 0. The fourth-order valence-electron chi connectivity index (χ4n) is 5.03. The Balaban J connectivity index is 1.63. The Labute approximate surface area is 228 Å². The van der Waals surface area contributed by atoms with Crippen molar-refractivity contribution in [3.8, 4) is 5.75 Å². The van der Waals surface area contributed by atoms with E-state index in [1.807, 2.05) is 55.5 Å². The minimum atomic E-state index is -1.09. The highest BCUT2D eigenvalue weighted by molar-refractivity contribution is 6.33. The van der Waals surface area contributed by atoms with Gasteiger partial charge in [0, 0.05) is 36.8 Å². The van der Waals surface area contributed by atoms with Crippen LogP contribution in [0, 0.1) is 6.57 Å². The van der Waals surface area contributed by atoms with Gasteiger partial charge in [0.1, 0.15) is 12.4 Å². The lowest BCUT2D eigenvalue weighted by Gasteiger charge is -2.49. The number of aliphatic hydroxyl groups excluding tert-OH is 1. The first-order chi connectivity index (χ1) is 17.7. The molecule has 2 N–H and O–H groups in total. The highest BCUT2D eigenvalue weighted by Gasteiger charge is 2.37. The molecule has 8 heteroatoms. The molecule has 37 heavy (non-hydrogen) atoms. The van der Waals surface area contributed by atoms with Crippen LogP contribution in [-0.4, -0.2) is 54.0 Å². The number of aliphatic hydroxyl groups is 2. The standard InChI is InChI=1S/C29H31Cl2N3O3/c1-20-17-33(19-29(2,36)22-6-10-24(32-3)11-7-22)18-28(21-4-8-23(30)9-5-21)34(20)27-13-12-25(16-26(27)31)37-15-14-35/h4-13,16,20,28,35-36H,14-15,17-19H2,1-2H3/t20-,28+,29-/m1/s1. The van der Waals surface area contributed by atoms with Gasteiger partial charge in [-0.2, -0.15) is 0 Å². The van der Waals surface area contributed by atoms with Crippen molar-refractivity contribution >= 4 is 34.6 Å². The number of anilines is 1. The van der Waals surface area contributed by atoms with Gasteiger partial charge in [-0.15, -0.1) is 0 Å². The zero-order chi connectivity index (χ0) is 26.6. The molecule has 194 valence electrons. The van der Waals surface area contributed by atoms with E-state index in [9.17, 15) is 5.11 Å².